The molecular formula is C27H36N2O4Si. The van der Waals surface area contributed by atoms with Crippen LogP contribution in [0, 0.1) is 30.9 Å². The second-order valence-corrected chi connectivity index (χ2v) is 15.7. The second kappa shape index (κ2) is 9.47. The van der Waals surface area contributed by atoms with Gasteiger partial charge >= 0.3 is 0 Å². The molecule has 182 valence electrons. The summed E-state index contributed by atoms with van der Waals surface area (Å²) in [6.07, 6.45) is 2.49. The van der Waals surface area contributed by atoms with Gasteiger partial charge in [0.15, 0.2) is 8.32 Å². The third kappa shape index (κ3) is 5.31. The molecule has 0 saturated heterocycles. The maximum atomic E-state index is 13.7. The highest BCUT2D eigenvalue weighted by molar-refractivity contribution is 6.74. The molecule has 7 heteroatoms. The summed E-state index contributed by atoms with van der Waals surface area (Å²) >= 11 is 0. The van der Waals surface area contributed by atoms with Crippen LogP contribution >= 0.6 is 0 Å². The molecule has 1 heterocycles. The first-order valence-corrected chi connectivity index (χ1v) is 14.6. The van der Waals surface area contributed by atoms with Gasteiger partial charge in [0, 0.05) is 12.3 Å². The lowest BCUT2D eigenvalue weighted by Gasteiger charge is -2.38. The van der Waals surface area contributed by atoms with Gasteiger partial charge < -0.3 is 9.33 Å². The van der Waals surface area contributed by atoms with Crippen LogP contribution in [0.3, 0.4) is 0 Å². The largest absolute Gasteiger partial charge is 0.415 e. The van der Waals surface area contributed by atoms with Gasteiger partial charge in [-0.2, -0.15) is 0 Å². The number of aryl methyl sites for hydroxylation is 3. The second-order valence-electron chi connectivity index (χ2n) is 10.9. The Labute approximate surface area is 203 Å². The van der Waals surface area contributed by atoms with Crippen LogP contribution in [-0.2, 0) is 4.43 Å². The molecular weight excluding hydrogens is 444 g/mol. The van der Waals surface area contributed by atoms with Crippen LogP contribution in [0.2, 0.25) is 18.1 Å². The molecule has 6 nitrogen and oxygen atoms in total. The first-order valence-electron chi connectivity index (χ1n) is 11.7. The van der Waals surface area contributed by atoms with Crippen molar-refractivity contribution >= 4 is 25.5 Å². The molecule has 2 aromatic carbocycles. The van der Waals surface area contributed by atoms with Crippen LogP contribution in [0.15, 0.2) is 42.6 Å². The van der Waals surface area contributed by atoms with Gasteiger partial charge in [-0.15, -0.1) is 0 Å². The number of hydrogen-bond acceptors (Lipinski definition) is 4. The third-order valence-electron chi connectivity index (χ3n) is 7.28. The van der Waals surface area contributed by atoms with Gasteiger partial charge in [-0.1, -0.05) is 50.6 Å². The lowest BCUT2D eigenvalue weighted by atomic mass is 10.0. The van der Waals surface area contributed by atoms with E-state index in [-0.39, 0.29) is 28.2 Å². The van der Waals surface area contributed by atoms with Gasteiger partial charge in [0.2, 0.25) is 0 Å². The van der Waals surface area contributed by atoms with Crippen molar-refractivity contribution in [3.63, 3.8) is 0 Å². The highest BCUT2D eigenvalue weighted by Gasteiger charge is 2.40. The zero-order valence-electron chi connectivity index (χ0n) is 21.6. The first-order chi connectivity index (χ1) is 15.7. The molecule has 1 atom stereocenters. The van der Waals surface area contributed by atoms with Crippen molar-refractivity contribution < 1.29 is 14.1 Å². The molecule has 1 amide bonds. The van der Waals surface area contributed by atoms with E-state index in [0.29, 0.717) is 13.0 Å². The zero-order chi connectivity index (χ0) is 25.4. The average Bonchev–Trinajstić information content (AvgIpc) is 3.17. The highest BCUT2D eigenvalue weighted by Crippen LogP contribution is 2.38. The highest BCUT2D eigenvalue weighted by atomic mass is 28.4. The maximum absolute atomic E-state index is 13.7. The third-order valence-corrected chi connectivity index (χ3v) is 11.8. The monoisotopic (exact) mass is 480 g/mol. The van der Waals surface area contributed by atoms with Gasteiger partial charge in [-0.3, -0.25) is 14.9 Å². The van der Waals surface area contributed by atoms with Gasteiger partial charge in [-0.05, 0) is 73.7 Å². The fraction of sp³-hybridized carbons (Fsp3) is 0.444. The molecule has 0 saturated carbocycles. The number of carbonyl (C=O) groups is 1. The van der Waals surface area contributed by atoms with E-state index < -0.39 is 13.2 Å². The van der Waals surface area contributed by atoms with Crippen molar-refractivity contribution in [1.82, 2.24) is 4.90 Å². The molecule has 0 N–H and O–H groups in total. The van der Waals surface area contributed by atoms with Crippen LogP contribution < -0.4 is 0 Å². The van der Waals surface area contributed by atoms with Gasteiger partial charge in [0.1, 0.15) is 5.56 Å². The summed E-state index contributed by atoms with van der Waals surface area (Å²) < 4.78 is 6.50. The van der Waals surface area contributed by atoms with Crippen molar-refractivity contribution in [2.75, 3.05) is 6.61 Å². The number of benzene rings is 2. The van der Waals surface area contributed by atoms with Crippen LogP contribution in [0.4, 0.5) is 5.69 Å². The number of hydrogen-bond donors (Lipinski definition) is 0. The molecule has 0 radical (unpaired) electrons. The minimum atomic E-state index is -2.04. The Morgan fingerprint density at radius 3 is 2.26 bits per heavy atom. The lowest BCUT2D eigenvalue weighted by molar-refractivity contribution is -0.385. The number of amides is 1. The quantitative estimate of drug-likeness (QED) is 0.259. The van der Waals surface area contributed by atoms with Gasteiger partial charge in [0.05, 0.1) is 17.6 Å². The molecule has 0 bridgehead atoms. The predicted octanol–water partition coefficient (Wildman–Crippen LogP) is 6.80. The van der Waals surface area contributed by atoms with E-state index in [1.165, 1.54) is 11.6 Å². The number of rotatable bonds is 6. The molecule has 2 aromatic rings. The molecule has 0 aromatic heterocycles. The van der Waals surface area contributed by atoms with Gasteiger partial charge in [-0.25, -0.2) is 0 Å². The van der Waals surface area contributed by atoms with Crippen LogP contribution in [-0.4, -0.2) is 36.7 Å². The Morgan fingerprint density at radius 1 is 1.12 bits per heavy atom. The van der Waals surface area contributed by atoms with E-state index in [1.807, 2.05) is 27.0 Å². The molecule has 0 unspecified atom stereocenters. The number of nitro groups is 1. The molecule has 1 aliphatic rings. The molecule has 0 fully saturated rings. The van der Waals surface area contributed by atoms with Crippen molar-refractivity contribution in [2.24, 2.45) is 0 Å². The van der Waals surface area contributed by atoms with Gasteiger partial charge in [0.25, 0.3) is 11.6 Å². The smallest absolute Gasteiger partial charge is 0.282 e. The molecule has 0 aliphatic carbocycles. The number of nitrogens with zero attached hydrogens (tertiary/aromatic N) is 2. The van der Waals surface area contributed by atoms with Crippen LogP contribution in [0.1, 0.15) is 59.8 Å². The van der Waals surface area contributed by atoms with E-state index in [0.717, 1.165) is 22.3 Å². The Morgan fingerprint density at radius 2 is 1.71 bits per heavy atom. The summed E-state index contributed by atoms with van der Waals surface area (Å²) in [5.74, 6) is -0.360. The summed E-state index contributed by atoms with van der Waals surface area (Å²) in [6.45, 7) is 17.1. The Kier molecular flexibility index (Phi) is 7.19. The lowest BCUT2D eigenvalue weighted by Crippen LogP contribution is -2.45. The molecule has 1 aliphatic heterocycles. The van der Waals surface area contributed by atoms with Crippen LogP contribution in [0.5, 0.6) is 0 Å². The fourth-order valence-corrected chi connectivity index (χ4v) is 4.83. The summed E-state index contributed by atoms with van der Waals surface area (Å²) in [4.78, 5) is 26.7. The predicted molar refractivity (Wildman–Crippen MR) is 139 cm³/mol. The SMILES string of the molecule is Cc1ccc(C2=CN(C(=O)c3cc(C)c(C)cc3[N+](=O)[O-])[C@H](CO[Si](C)(C)C(C)(C)C)C2)cc1. The Balaban J connectivity index is 2.00. The summed E-state index contributed by atoms with van der Waals surface area (Å²) in [7, 11) is -2.04. The summed E-state index contributed by atoms with van der Waals surface area (Å²) in [6, 6.07) is 11.1. The molecule has 0 spiro atoms. The summed E-state index contributed by atoms with van der Waals surface area (Å²) in [5, 5.41) is 11.8. The minimum Gasteiger partial charge on any atom is -0.415 e. The van der Waals surface area contributed by atoms with E-state index in [4.69, 9.17) is 4.43 Å². The molecule has 34 heavy (non-hydrogen) atoms. The van der Waals surface area contributed by atoms with E-state index in [2.05, 4.69) is 58.1 Å². The normalized spacial score (nSPS) is 16.5. The summed E-state index contributed by atoms with van der Waals surface area (Å²) in [5.41, 5.74) is 4.85. The zero-order valence-corrected chi connectivity index (χ0v) is 22.6. The van der Waals surface area contributed by atoms with E-state index >= 15 is 0 Å². The Bertz CT molecular complexity index is 1130. The number of nitro benzene ring substituents is 1. The van der Waals surface area contributed by atoms with E-state index in [1.54, 1.807) is 11.0 Å². The van der Waals surface area contributed by atoms with Crippen molar-refractivity contribution in [2.45, 2.75) is 72.1 Å². The van der Waals surface area contributed by atoms with Crippen molar-refractivity contribution in [3.8, 4) is 0 Å². The average molecular weight is 481 g/mol. The van der Waals surface area contributed by atoms with E-state index in [9.17, 15) is 14.9 Å². The maximum Gasteiger partial charge on any atom is 0.282 e. The fourth-order valence-electron chi connectivity index (χ4n) is 3.79. The van der Waals surface area contributed by atoms with Crippen molar-refractivity contribution in [1.29, 1.82) is 0 Å². The van der Waals surface area contributed by atoms with Crippen molar-refractivity contribution in [3.05, 3.63) is 80.5 Å². The van der Waals surface area contributed by atoms with Crippen LogP contribution in [0.25, 0.3) is 5.57 Å². The number of carbonyl (C=O) groups excluding carboxylic acids is 1. The standard InChI is InChI=1S/C27H36N2O4Si/c1-18-9-11-21(12-10-18)22-15-23(17-33-34(7,8)27(4,5)6)28(16-22)26(30)24-13-19(2)20(3)14-25(24)29(31)32/h9-14,16,23H,15,17H2,1-8H3/t23-/m0/s1. The molecule has 3 rings (SSSR count). The topological polar surface area (TPSA) is 72.7 Å². The minimum absolute atomic E-state index is 0.0422. The first kappa shape index (κ1) is 25.8. The Hall–Kier alpha value is -2.77.